The molecule has 3 heterocycles. The maximum atomic E-state index is 6.23. The number of hydrogen-bond acceptors (Lipinski definition) is 4. The molecule has 0 radical (unpaired) electrons. The van der Waals surface area contributed by atoms with Crippen molar-refractivity contribution in [3.63, 3.8) is 0 Å². The van der Waals surface area contributed by atoms with Gasteiger partial charge in [0.1, 0.15) is 0 Å². The molecule has 2 fully saturated rings. The van der Waals surface area contributed by atoms with E-state index >= 15 is 0 Å². The van der Waals surface area contributed by atoms with Crippen LogP contribution >= 0.6 is 11.6 Å². The van der Waals surface area contributed by atoms with Crippen molar-refractivity contribution in [2.45, 2.75) is 43.3 Å². The van der Waals surface area contributed by atoms with Crippen LogP contribution in [0.1, 0.15) is 25.7 Å². The van der Waals surface area contributed by atoms with Gasteiger partial charge in [0, 0.05) is 22.8 Å². The summed E-state index contributed by atoms with van der Waals surface area (Å²) in [4.78, 5) is 9.38. The average Bonchev–Trinajstić information content (AvgIpc) is 2.85. The highest BCUT2D eigenvalue weighted by atomic mass is 35.5. The lowest BCUT2D eigenvalue weighted by atomic mass is 9.82. The Morgan fingerprint density at radius 2 is 2.00 bits per heavy atom. The second-order valence-electron chi connectivity index (χ2n) is 6.67. The first kappa shape index (κ1) is 13.4. The monoisotopic (exact) mass is 304 g/mol. The molecule has 0 amide bonds. The van der Waals surface area contributed by atoms with Crippen LogP contribution in [0.4, 0.5) is 5.69 Å². The number of benzene rings is 1. The lowest BCUT2D eigenvalue weighted by Crippen LogP contribution is -2.60. The van der Waals surface area contributed by atoms with Crippen molar-refractivity contribution in [3.8, 4) is 0 Å². The molecule has 4 rings (SSSR count). The number of guanidine groups is 1. The van der Waals surface area contributed by atoms with Gasteiger partial charge in [-0.05, 0) is 50.9 Å². The second-order valence-corrected chi connectivity index (χ2v) is 7.11. The lowest BCUT2D eigenvalue weighted by Gasteiger charge is -2.48. The number of rotatable bonds is 1. The summed E-state index contributed by atoms with van der Waals surface area (Å²) in [7, 11) is 2.26. The van der Waals surface area contributed by atoms with E-state index in [1.165, 1.54) is 12.8 Å². The number of fused-ring (bicyclic) bond motifs is 2. The van der Waals surface area contributed by atoms with E-state index in [9.17, 15) is 0 Å². The highest BCUT2D eigenvalue weighted by Crippen LogP contribution is 2.46. The summed E-state index contributed by atoms with van der Waals surface area (Å²) in [6.07, 6.45) is 4.87. The highest BCUT2D eigenvalue weighted by Gasteiger charge is 2.52. The topological polar surface area (TPSA) is 44.9 Å². The molecule has 3 aliphatic heterocycles. The molecule has 0 saturated carbocycles. The summed E-state index contributed by atoms with van der Waals surface area (Å²) in [6.45, 7) is 0.812. The zero-order chi connectivity index (χ0) is 14.6. The normalized spacial score (nSPS) is 35.5. The first-order chi connectivity index (χ1) is 10.1. The predicted molar refractivity (Wildman–Crippen MR) is 87.0 cm³/mol. The molecule has 0 aromatic heterocycles. The first-order valence-corrected chi connectivity index (χ1v) is 8.04. The van der Waals surface area contributed by atoms with Gasteiger partial charge in [0.2, 0.25) is 0 Å². The molecule has 21 heavy (non-hydrogen) atoms. The SMILES string of the molecule is CN1C2CCC1CC1(CN=C(N)N1c1cccc(Cl)c1)C2. The van der Waals surface area contributed by atoms with E-state index < -0.39 is 0 Å². The Kier molecular flexibility index (Phi) is 2.95. The molecular formula is C16H21ClN4. The summed E-state index contributed by atoms with van der Waals surface area (Å²) in [6, 6.07) is 9.29. The number of piperidine rings is 1. The molecule has 1 aromatic rings. The van der Waals surface area contributed by atoms with Gasteiger partial charge in [-0.25, -0.2) is 0 Å². The van der Waals surface area contributed by atoms with Crippen LogP contribution in [0.15, 0.2) is 29.3 Å². The Morgan fingerprint density at radius 1 is 1.29 bits per heavy atom. The standard InChI is InChI=1S/C16H21ClN4/c1-20-13-5-6-14(20)9-16(8-13)10-19-15(18)21(16)12-4-2-3-11(17)7-12/h2-4,7,13-14H,5-6,8-10H2,1H3,(H2,18,19). The van der Waals surface area contributed by atoms with Crippen LogP contribution in [0.5, 0.6) is 0 Å². The second kappa shape index (κ2) is 4.62. The maximum Gasteiger partial charge on any atom is 0.196 e. The molecule has 112 valence electrons. The van der Waals surface area contributed by atoms with Crippen LogP contribution < -0.4 is 10.6 Å². The van der Waals surface area contributed by atoms with E-state index in [0.717, 1.165) is 30.1 Å². The minimum absolute atomic E-state index is 0.0487. The lowest BCUT2D eigenvalue weighted by molar-refractivity contribution is 0.122. The largest absolute Gasteiger partial charge is 0.369 e. The Labute approximate surface area is 130 Å². The van der Waals surface area contributed by atoms with E-state index in [1.807, 2.05) is 18.2 Å². The van der Waals surface area contributed by atoms with Gasteiger partial charge in [-0.2, -0.15) is 0 Å². The van der Waals surface area contributed by atoms with Gasteiger partial charge in [0.25, 0.3) is 0 Å². The van der Waals surface area contributed by atoms with Gasteiger partial charge in [0.15, 0.2) is 5.96 Å². The fraction of sp³-hybridized carbons (Fsp3) is 0.562. The van der Waals surface area contributed by atoms with Crippen molar-refractivity contribution >= 4 is 23.2 Å². The number of nitrogens with two attached hydrogens (primary N) is 1. The summed E-state index contributed by atoms with van der Waals surface area (Å²) in [5.74, 6) is 0.640. The zero-order valence-electron chi connectivity index (χ0n) is 12.3. The summed E-state index contributed by atoms with van der Waals surface area (Å²) < 4.78 is 0. The van der Waals surface area contributed by atoms with Crippen LogP contribution in [0, 0.1) is 0 Å². The van der Waals surface area contributed by atoms with Gasteiger partial charge in [-0.3, -0.25) is 4.99 Å². The van der Waals surface area contributed by atoms with Crippen LogP contribution in [0.25, 0.3) is 0 Å². The van der Waals surface area contributed by atoms with E-state index in [0.29, 0.717) is 18.0 Å². The minimum atomic E-state index is 0.0487. The molecule has 4 nitrogen and oxygen atoms in total. The molecule has 3 aliphatic rings. The van der Waals surface area contributed by atoms with Crippen molar-refractivity contribution in [2.24, 2.45) is 10.7 Å². The van der Waals surface area contributed by atoms with Crippen LogP contribution in [-0.2, 0) is 0 Å². The van der Waals surface area contributed by atoms with Gasteiger partial charge in [0.05, 0.1) is 12.1 Å². The fourth-order valence-corrected chi connectivity index (χ4v) is 4.67. The van der Waals surface area contributed by atoms with Crippen molar-refractivity contribution in [1.82, 2.24) is 4.90 Å². The van der Waals surface area contributed by atoms with Crippen molar-refractivity contribution in [2.75, 3.05) is 18.5 Å². The van der Waals surface area contributed by atoms with Crippen molar-refractivity contribution < 1.29 is 0 Å². The molecule has 0 aliphatic carbocycles. The van der Waals surface area contributed by atoms with Gasteiger partial charge in [-0.1, -0.05) is 17.7 Å². The first-order valence-electron chi connectivity index (χ1n) is 7.67. The summed E-state index contributed by atoms with van der Waals surface area (Å²) in [5.41, 5.74) is 7.35. The fourth-order valence-electron chi connectivity index (χ4n) is 4.49. The molecule has 1 spiro atoms. The summed E-state index contributed by atoms with van der Waals surface area (Å²) in [5, 5.41) is 0.748. The Balaban J connectivity index is 1.73. The van der Waals surface area contributed by atoms with E-state index in [1.54, 1.807) is 0 Å². The van der Waals surface area contributed by atoms with Crippen LogP contribution in [-0.4, -0.2) is 42.1 Å². The molecule has 1 aromatic carbocycles. The molecule has 2 bridgehead atoms. The molecule has 2 atom stereocenters. The zero-order valence-corrected chi connectivity index (χ0v) is 13.1. The minimum Gasteiger partial charge on any atom is -0.369 e. The van der Waals surface area contributed by atoms with Crippen LogP contribution in [0.3, 0.4) is 0 Å². The van der Waals surface area contributed by atoms with E-state index in [-0.39, 0.29) is 5.54 Å². The third kappa shape index (κ3) is 1.96. The number of halogens is 1. The predicted octanol–water partition coefficient (Wildman–Crippen LogP) is 2.47. The maximum absolute atomic E-state index is 6.23. The molecule has 2 saturated heterocycles. The number of aliphatic imine (C=N–C) groups is 1. The van der Waals surface area contributed by atoms with E-state index in [4.69, 9.17) is 17.3 Å². The van der Waals surface area contributed by atoms with Crippen molar-refractivity contribution in [3.05, 3.63) is 29.3 Å². The van der Waals surface area contributed by atoms with Gasteiger partial charge in [-0.15, -0.1) is 0 Å². The molecule has 5 heteroatoms. The smallest absolute Gasteiger partial charge is 0.196 e. The quantitative estimate of drug-likeness (QED) is 0.867. The van der Waals surface area contributed by atoms with Gasteiger partial charge < -0.3 is 15.5 Å². The molecule has 2 unspecified atom stereocenters. The van der Waals surface area contributed by atoms with Crippen LogP contribution in [0.2, 0.25) is 5.02 Å². The third-order valence-electron chi connectivity index (χ3n) is 5.52. The molecule has 2 N–H and O–H groups in total. The Morgan fingerprint density at radius 3 is 2.67 bits per heavy atom. The highest BCUT2D eigenvalue weighted by molar-refractivity contribution is 6.31. The number of hydrogen-bond donors (Lipinski definition) is 1. The number of nitrogens with zero attached hydrogens (tertiary/aromatic N) is 3. The average molecular weight is 305 g/mol. The van der Waals surface area contributed by atoms with Gasteiger partial charge >= 0.3 is 0 Å². The Hall–Kier alpha value is -1.26. The van der Waals surface area contributed by atoms with Crippen molar-refractivity contribution in [1.29, 1.82) is 0 Å². The third-order valence-corrected chi connectivity index (χ3v) is 5.76. The molecular weight excluding hydrogens is 284 g/mol. The number of anilines is 1. The Bertz CT molecular complexity index is 586. The van der Waals surface area contributed by atoms with E-state index in [2.05, 4.69) is 27.9 Å². The summed E-state index contributed by atoms with van der Waals surface area (Å²) >= 11 is 6.18.